The van der Waals surface area contributed by atoms with Crippen molar-refractivity contribution in [2.24, 2.45) is 0 Å². The number of hydrogen-bond donors (Lipinski definition) is 1. The van der Waals surface area contributed by atoms with E-state index in [1.807, 2.05) is 0 Å². The van der Waals surface area contributed by atoms with Crippen LogP contribution in [-0.4, -0.2) is 49.0 Å². The predicted molar refractivity (Wildman–Crippen MR) is 57.4 cm³/mol. The molecule has 2 unspecified atom stereocenters. The molecule has 1 rings (SSSR count). The summed E-state index contributed by atoms with van der Waals surface area (Å²) in [5, 5.41) is 9.77. The van der Waals surface area contributed by atoms with E-state index < -0.39 is 0 Å². The van der Waals surface area contributed by atoms with Crippen LogP contribution in [0.15, 0.2) is 0 Å². The second-order valence-electron chi connectivity index (χ2n) is 4.19. The van der Waals surface area contributed by atoms with Crippen LogP contribution in [0.1, 0.15) is 32.6 Å². The van der Waals surface area contributed by atoms with E-state index in [4.69, 9.17) is 4.74 Å². The molecule has 0 aliphatic carbocycles. The zero-order valence-corrected chi connectivity index (χ0v) is 9.41. The summed E-state index contributed by atoms with van der Waals surface area (Å²) in [6.07, 6.45) is 4.32. The lowest BCUT2D eigenvalue weighted by Gasteiger charge is -2.35. The summed E-state index contributed by atoms with van der Waals surface area (Å²) in [7, 11) is 2.08. The van der Waals surface area contributed by atoms with E-state index in [0.29, 0.717) is 13.2 Å². The first kappa shape index (κ1) is 12.0. The fourth-order valence-electron chi connectivity index (χ4n) is 1.91. The van der Waals surface area contributed by atoms with E-state index in [9.17, 15) is 5.11 Å². The second kappa shape index (κ2) is 6.38. The maximum absolute atomic E-state index is 9.77. The molecule has 1 saturated heterocycles. The molecule has 84 valence electrons. The number of likely N-dealkylation sites (N-methyl/N-ethyl adjacent to an activating group) is 1. The Morgan fingerprint density at radius 3 is 2.86 bits per heavy atom. The summed E-state index contributed by atoms with van der Waals surface area (Å²) in [4.78, 5) is 2.24. The molecule has 3 nitrogen and oxygen atoms in total. The Morgan fingerprint density at radius 2 is 2.21 bits per heavy atom. The molecule has 0 spiro atoms. The van der Waals surface area contributed by atoms with Crippen molar-refractivity contribution in [3.8, 4) is 0 Å². The van der Waals surface area contributed by atoms with Crippen LogP contribution in [0.25, 0.3) is 0 Å². The Hall–Kier alpha value is -0.120. The quantitative estimate of drug-likeness (QED) is 0.680. The SMILES string of the molecule is CCCCCN(C)C1COCCC1O. The average molecular weight is 201 g/mol. The Bertz CT molecular complexity index is 152. The third-order valence-electron chi connectivity index (χ3n) is 2.97. The van der Waals surface area contributed by atoms with Crippen LogP contribution in [0.3, 0.4) is 0 Å². The van der Waals surface area contributed by atoms with Crippen LogP contribution in [0.4, 0.5) is 0 Å². The fourth-order valence-corrected chi connectivity index (χ4v) is 1.91. The summed E-state index contributed by atoms with van der Waals surface area (Å²) in [5.41, 5.74) is 0. The maximum atomic E-state index is 9.77. The first-order chi connectivity index (χ1) is 6.75. The van der Waals surface area contributed by atoms with Crippen molar-refractivity contribution in [1.82, 2.24) is 4.90 Å². The Kier molecular flexibility index (Phi) is 5.45. The molecule has 1 aliphatic rings. The van der Waals surface area contributed by atoms with E-state index in [1.54, 1.807) is 0 Å². The number of ether oxygens (including phenoxy) is 1. The van der Waals surface area contributed by atoms with Gasteiger partial charge in [0, 0.05) is 6.61 Å². The standard InChI is InChI=1S/C11H23NO2/c1-3-4-5-7-12(2)10-9-14-8-6-11(10)13/h10-11,13H,3-9H2,1-2H3. The molecule has 0 saturated carbocycles. The first-order valence-corrected chi connectivity index (χ1v) is 5.71. The van der Waals surface area contributed by atoms with Gasteiger partial charge in [-0.05, 0) is 26.4 Å². The van der Waals surface area contributed by atoms with Gasteiger partial charge in [-0.1, -0.05) is 19.8 Å². The molecule has 1 N–H and O–H groups in total. The maximum Gasteiger partial charge on any atom is 0.0739 e. The van der Waals surface area contributed by atoms with Gasteiger partial charge in [0.05, 0.1) is 18.8 Å². The van der Waals surface area contributed by atoms with Gasteiger partial charge in [0.15, 0.2) is 0 Å². The Morgan fingerprint density at radius 1 is 1.43 bits per heavy atom. The fraction of sp³-hybridized carbons (Fsp3) is 1.00. The molecule has 1 heterocycles. The van der Waals surface area contributed by atoms with Gasteiger partial charge in [-0.2, -0.15) is 0 Å². The highest BCUT2D eigenvalue weighted by Gasteiger charge is 2.26. The molecule has 3 heteroatoms. The molecular weight excluding hydrogens is 178 g/mol. The van der Waals surface area contributed by atoms with E-state index in [2.05, 4.69) is 18.9 Å². The van der Waals surface area contributed by atoms with Crippen molar-refractivity contribution in [3.05, 3.63) is 0 Å². The molecule has 1 aliphatic heterocycles. The summed E-state index contributed by atoms with van der Waals surface area (Å²) in [6.45, 7) is 4.67. The van der Waals surface area contributed by atoms with E-state index >= 15 is 0 Å². The van der Waals surface area contributed by atoms with Gasteiger partial charge in [-0.15, -0.1) is 0 Å². The lowest BCUT2D eigenvalue weighted by atomic mass is 10.1. The van der Waals surface area contributed by atoms with Gasteiger partial charge in [0.2, 0.25) is 0 Å². The van der Waals surface area contributed by atoms with Crippen LogP contribution >= 0.6 is 0 Å². The van der Waals surface area contributed by atoms with Gasteiger partial charge in [-0.3, -0.25) is 4.90 Å². The second-order valence-corrected chi connectivity index (χ2v) is 4.19. The van der Waals surface area contributed by atoms with E-state index in [0.717, 1.165) is 13.0 Å². The summed E-state index contributed by atoms with van der Waals surface area (Å²) < 4.78 is 5.38. The monoisotopic (exact) mass is 201 g/mol. The van der Waals surface area contributed by atoms with Gasteiger partial charge in [0.1, 0.15) is 0 Å². The molecule has 0 bridgehead atoms. The zero-order chi connectivity index (χ0) is 10.4. The van der Waals surface area contributed by atoms with Crippen molar-refractivity contribution in [1.29, 1.82) is 0 Å². The van der Waals surface area contributed by atoms with Crippen LogP contribution in [0.5, 0.6) is 0 Å². The minimum absolute atomic E-state index is 0.199. The van der Waals surface area contributed by atoms with Crippen molar-refractivity contribution in [3.63, 3.8) is 0 Å². The highest BCUT2D eigenvalue weighted by molar-refractivity contribution is 4.79. The molecule has 14 heavy (non-hydrogen) atoms. The third kappa shape index (κ3) is 3.56. The lowest BCUT2D eigenvalue weighted by Crippen LogP contribution is -2.48. The van der Waals surface area contributed by atoms with Crippen molar-refractivity contribution in [2.45, 2.75) is 44.8 Å². The van der Waals surface area contributed by atoms with E-state index in [1.165, 1.54) is 19.3 Å². The largest absolute Gasteiger partial charge is 0.391 e. The van der Waals surface area contributed by atoms with Crippen molar-refractivity contribution < 1.29 is 9.84 Å². The molecule has 1 fully saturated rings. The van der Waals surface area contributed by atoms with Gasteiger partial charge >= 0.3 is 0 Å². The molecule has 0 amide bonds. The highest BCUT2D eigenvalue weighted by atomic mass is 16.5. The van der Waals surface area contributed by atoms with Gasteiger partial charge in [0.25, 0.3) is 0 Å². The predicted octanol–water partition coefficient (Wildman–Crippen LogP) is 1.26. The number of rotatable bonds is 5. The normalized spacial score (nSPS) is 28.3. The number of hydrogen-bond acceptors (Lipinski definition) is 3. The number of aliphatic hydroxyl groups excluding tert-OH is 1. The molecule has 0 aromatic heterocycles. The first-order valence-electron chi connectivity index (χ1n) is 5.71. The van der Waals surface area contributed by atoms with Crippen LogP contribution in [-0.2, 0) is 4.74 Å². The average Bonchev–Trinajstić information content (AvgIpc) is 2.18. The van der Waals surface area contributed by atoms with E-state index in [-0.39, 0.29) is 12.1 Å². The minimum Gasteiger partial charge on any atom is -0.391 e. The summed E-state index contributed by atoms with van der Waals surface area (Å²) in [6, 6.07) is 0.209. The molecule has 0 aromatic carbocycles. The van der Waals surface area contributed by atoms with Crippen molar-refractivity contribution in [2.75, 3.05) is 26.8 Å². The molecular formula is C11H23NO2. The van der Waals surface area contributed by atoms with Crippen LogP contribution in [0.2, 0.25) is 0 Å². The number of aliphatic hydroxyl groups is 1. The van der Waals surface area contributed by atoms with Crippen LogP contribution < -0.4 is 0 Å². The van der Waals surface area contributed by atoms with Crippen molar-refractivity contribution >= 4 is 0 Å². The number of nitrogens with zero attached hydrogens (tertiary/aromatic N) is 1. The lowest BCUT2D eigenvalue weighted by molar-refractivity contribution is -0.0543. The molecule has 0 aromatic rings. The smallest absolute Gasteiger partial charge is 0.0739 e. The Balaban J connectivity index is 2.23. The summed E-state index contributed by atoms with van der Waals surface area (Å²) >= 11 is 0. The zero-order valence-electron chi connectivity index (χ0n) is 9.41. The highest BCUT2D eigenvalue weighted by Crippen LogP contribution is 2.13. The van der Waals surface area contributed by atoms with Gasteiger partial charge in [-0.25, -0.2) is 0 Å². The van der Waals surface area contributed by atoms with Gasteiger partial charge < -0.3 is 9.84 Å². The Labute approximate surface area is 87.1 Å². The van der Waals surface area contributed by atoms with Crippen LogP contribution in [0, 0.1) is 0 Å². The molecule has 0 radical (unpaired) electrons. The minimum atomic E-state index is -0.199. The third-order valence-corrected chi connectivity index (χ3v) is 2.97. The molecule has 2 atom stereocenters. The number of unbranched alkanes of at least 4 members (excludes halogenated alkanes) is 2. The summed E-state index contributed by atoms with van der Waals surface area (Å²) in [5.74, 6) is 0. The topological polar surface area (TPSA) is 32.7 Å².